The number of pyridine rings is 1. The molecule has 1 saturated heterocycles. The van der Waals surface area contributed by atoms with E-state index in [4.69, 9.17) is 15.0 Å². The van der Waals surface area contributed by atoms with E-state index in [0.29, 0.717) is 11.7 Å². The van der Waals surface area contributed by atoms with Crippen molar-refractivity contribution in [2.24, 2.45) is 5.73 Å². The average molecular weight is 276 g/mol. The maximum Gasteiger partial charge on any atom is 0.496 e. The summed E-state index contributed by atoms with van der Waals surface area (Å²) in [5.41, 5.74) is 4.84. The number of carbonyl (C=O) groups is 2. The first-order valence-corrected chi connectivity index (χ1v) is 6.28. The van der Waals surface area contributed by atoms with Gasteiger partial charge in [0.25, 0.3) is 5.91 Å². The molecule has 2 rings (SSSR count). The van der Waals surface area contributed by atoms with Crippen molar-refractivity contribution in [3.63, 3.8) is 0 Å². The molecule has 0 unspecified atom stereocenters. The van der Waals surface area contributed by atoms with Crippen LogP contribution in [0.4, 0.5) is 0 Å². The number of aldehydes is 1. The van der Waals surface area contributed by atoms with Crippen molar-refractivity contribution in [1.82, 2.24) is 4.98 Å². The molecule has 0 atom stereocenters. The van der Waals surface area contributed by atoms with E-state index >= 15 is 0 Å². The minimum atomic E-state index is -0.743. The molecule has 0 spiro atoms. The number of hydrogen-bond acceptors (Lipinski definition) is 5. The van der Waals surface area contributed by atoms with Gasteiger partial charge in [0.05, 0.1) is 11.2 Å². The molecule has 1 aromatic rings. The topological polar surface area (TPSA) is 91.5 Å². The lowest BCUT2D eigenvalue weighted by atomic mass is 9.79. The number of hydrogen-bond donors (Lipinski definition) is 1. The number of amides is 1. The number of carbonyl (C=O) groups excluding carboxylic acids is 2. The molecule has 1 aromatic heterocycles. The molecule has 0 radical (unpaired) electrons. The first-order chi connectivity index (χ1) is 9.18. The quantitative estimate of drug-likeness (QED) is 0.633. The van der Waals surface area contributed by atoms with Crippen LogP contribution in [-0.4, -0.2) is 35.5 Å². The lowest BCUT2D eigenvalue weighted by Gasteiger charge is -2.32. The third-order valence-electron chi connectivity index (χ3n) is 3.82. The van der Waals surface area contributed by atoms with E-state index in [1.165, 1.54) is 12.3 Å². The minimum Gasteiger partial charge on any atom is -0.399 e. The normalized spacial score (nSPS) is 19.9. The molecule has 1 aliphatic rings. The van der Waals surface area contributed by atoms with Gasteiger partial charge in [0, 0.05) is 17.2 Å². The second kappa shape index (κ2) is 4.68. The fourth-order valence-corrected chi connectivity index (χ4v) is 1.90. The van der Waals surface area contributed by atoms with Crippen molar-refractivity contribution in [1.29, 1.82) is 0 Å². The number of nitrogens with two attached hydrogens (primary N) is 1. The summed E-state index contributed by atoms with van der Waals surface area (Å²) < 4.78 is 11.7. The maximum atomic E-state index is 11.2. The highest BCUT2D eigenvalue weighted by molar-refractivity contribution is 6.62. The Balaban J connectivity index is 2.37. The number of primary amides is 1. The molecule has 1 fully saturated rings. The Labute approximate surface area is 117 Å². The van der Waals surface area contributed by atoms with Crippen LogP contribution in [0, 0.1) is 0 Å². The van der Waals surface area contributed by atoms with E-state index in [9.17, 15) is 9.59 Å². The van der Waals surface area contributed by atoms with Gasteiger partial charge < -0.3 is 15.0 Å². The molecule has 7 heteroatoms. The van der Waals surface area contributed by atoms with Crippen molar-refractivity contribution < 1.29 is 18.9 Å². The van der Waals surface area contributed by atoms with Crippen LogP contribution in [0.1, 0.15) is 48.5 Å². The van der Waals surface area contributed by atoms with Crippen molar-refractivity contribution in [3.05, 3.63) is 23.5 Å². The first kappa shape index (κ1) is 14.7. The van der Waals surface area contributed by atoms with Gasteiger partial charge in [-0.05, 0) is 33.8 Å². The molecule has 0 saturated carbocycles. The predicted molar refractivity (Wildman–Crippen MR) is 73.9 cm³/mol. The van der Waals surface area contributed by atoms with Crippen LogP contribution in [0.15, 0.2) is 12.3 Å². The third kappa shape index (κ3) is 2.34. The Morgan fingerprint density at radius 2 is 1.85 bits per heavy atom. The van der Waals surface area contributed by atoms with Crippen LogP contribution in [0.5, 0.6) is 0 Å². The SMILES string of the molecule is CC1(C)OB(c2cnc(C(N)=O)c(C=O)c2)OC1(C)C. The summed E-state index contributed by atoms with van der Waals surface area (Å²) >= 11 is 0. The predicted octanol–water partition coefficient (Wildman–Crippen LogP) is 0.292. The van der Waals surface area contributed by atoms with Gasteiger partial charge in [-0.25, -0.2) is 0 Å². The van der Waals surface area contributed by atoms with Crippen LogP contribution >= 0.6 is 0 Å². The van der Waals surface area contributed by atoms with Crippen LogP contribution in [0.2, 0.25) is 0 Å². The van der Waals surface area contributed by atoms with Crippen molar-refractivity contribution in [2.75, 3.05) is 0 Å². The monoisotopic (exact) mass is 276 g/mol. The van der Waals surface area contributed by atoms with Crippen molar-refractivity contribution >= 4 is 24.8 Å². The number of rotatable bonds is 3. The van der Waals surface area contributed by atoms with Crippen molar-refractivity contribution in [3.8, 4) is 0 Å². The van der Waals surface area contributed by atoms with Crippen LogP contribution in [0.3, 0.4) is 0 Å². The highest BCUT2D eigenvalue weighted by Gasteiger charge is 2.51. The molecule has 2 heterocycles. The molecule has 1 amide bonds. The zero-order chi connectivity index (χ0) is 15.1. The summed E-state index contributed by atoms with van der Waals surface area (Å²) in [6.07, 6.45) is 1.98. The molecular weight excluding hydrogens is 259 g/mol. The minimum absolute atomic E-state index is 0.0553. The molecule has 106 valence electrons. The fraction of sp³-hybridized carbons (Fsp3) is 0.462. The average Bonchev–Trinajstić information content (AvgIpc) is 2.57. The van der Waals surface area contributed by atoms with Gasteiger partial charge in [-0.1, -0.05) is 0 Å². The lowest BCUT2D eigenvalue weighted by Crippen LogP contribution is -2.41. The second-order valence-corrected chi connectivity index (χ2v) is 5.78. The highest BCUT2D eigenvalue weighted by Crippen LogP contribution is 2.36. The molecule has 0 aromatic carbocycles. The summed E-state index contributed by atoms with van der Waals surface area (Å²) in [6, 6.07) is 1.52. The van der Waals surface area contributed by atoms with Gasteiger partial charge in [0.2, 0.25) is 0 Å². The molecule has 2 N–H and O–H groups in total. The first-order valence-electron chi connectivity index (χ1n) is 6.28. The molecule has 0 bridgehead atoms. The van der Waals surface area contributed by atoms with Gasteiger partial charge in [0.1, 0.15) is 5.69 Å². The Morgan fingerprint density at radius 3 is 2.30 bits per heavy atom. The number of aromatic nitrogens is 1. The van der Waals surface area contributed by atoms with Crippen LogP contribution in [0.25, 0.3) is 0 Å². The molecule has 1 aliphatic heterocycles. The second-order valence-electron chi connectivity index (χ2n) is 5.78. The Hall–Kier alpha value is -1.73. The van der Waals surface area contributed by atoms with E-state index in [0.717, 1.165) is 0 Å². The van der Waals surface area contributed by atoms with Crippen LogP contribution in [-0.2, 0) is 9.31 Å². The Morgan fingerprint density at radius 1 is 1.30 bits per heavy atom. The van der Waals surface area contributed by atoms with Gasteiger partial charge in [-0.2, -0.15) is 0 Å². The van der Waals surface area contributed by atoms with E-state index in [-0.39, 0.29) is 11.3 Å². The van der Waals surface area contributed by atoms with Crippen LogP contribution < -0.4 is 11.2 Å². The Bertz CT molecular complexity index is 555. The summed E-state index contributed by atoms with van der Waals surface area (Å²) in [5, 5.41) is 0. The zero-order valence-electron chi connectivity index (χ0n) is 12.0. The summed E-state index contributed by atoms with van der Waals surface area (Å²) in [4.78, 5) is 26.1. The van der Waals surface area contributed by atoms with Gasteiger partial charge in [0.15, 0.2) is 6.29 Å². The van der Waals surface area contributed by atoms with Gasteiger partial charge in [-0.15, -0.1) is 0 Å². The summed E-state index contributed by atoms with van der Waals surface area (Å²) in [5.74, 6) is -0.743. The number of nitrogens with zero attached hydrogens (tertiary/aromatic N) is 1. The standard InChI is InChI=1S/C13H17BN2O4/c1-12(2)13(3,4)20-14(19-12)9-5-8(7-17)10(11(15)18)16-6-9/h5-7H,1-4H3,(H2,15,18). The maximum absolute atomic E-state index is 11.2. The van der Waals surface area contributed by atoms with E-state index in [2.05, 4.69) is 4.98 Å². The smallest absolute Gasteiger partial charge is 0.399 e. The molecule has 20 heavy (non-hydrogen) atoms. The largest absolute Gasteiger partial charge is 0.496 e. The third-order valence-corrected chi connectivity index (χ3v) is 3.82. The summed E-state index contributed by atoms with van der Waals surface area (Å²) in [6.45, 7) is 7.72. The van der Waals surface area contributed by atoms with Crippen molar-refractivity contribution in [2.45, 2.75) is 38.9 Å². The zero-order valence-corrected chi connectivity index (χ0v) is 12.0. The van der Waals surface area contributed by atoms with Gasteiger partial charge in [-0.3, -0.25) is 14.6 Å². The molecular formula is C13H17BN2O4. The Kier molecular flexibility index (Phi) is 3.43. The summed E-state index contributed by atoms with van der Waals surface area (Å²) in [7, 11) is -0.631. The van der Waals surface area contributed by atoms with E-state index in [1.54, 1.807) is 0 Å². The van der Waals surface area contributed by atoms with Gasteiger partial charge >= 0.3 is 7.12 Å². The highest BCUT2D eigenvalue weighted by atomic mass is 16.7. The molecule has 0 aliphatic carbocycles. The van der Waals surface area contributed by atoms with E-state index < -0.39 is 24.2 Å². The van der Waals surface area contributed by atoms with E-state index in [1.807, 2.05) is 27.7 Å². The lowest BCUT2D eigenvalue weighted by molar-refractivity contribution is 0.00578. The molecule has 6 nitrogen and oxygen atoms in total. The fourth-order valence-electron chi connectivity index (χ4n) is 1.90.